The molecule has 2 N–H and O–H groups in total. The molecule has 1 amide bonds. The third kappa shape index (κ3) is 3.02. The van der Waals surface area contributed by atoms with Crippen LogP contribution >= 0.6 is 23.4 Å². The second-order valence-electron chi connectivity index (χ2n) is 5.17. The molecule has 0 aliphatic carbocycles. The molecule has 0 aliphatic rings. The summed E-state index contributed by atoms with van der Waals surface area (Å²) in [5.41, 5.74) is 6.18. The molecule has 0 aliphatic heterocycles. The number of hydrogen-bond acceptors (Lipinski definition) is 4. The Bertz CT molecular complexity index is 987. The van der Waals surface area contributed by atoms with E-state index in [1.54, 1.807) is 55.5 Å². The molecule has 0 bridgehead atoms. The van der Waals surface area contributed by atoms with Crippen LogP contribution in [-0.4, -0.2) is 20.7 Å². The number of aromatic nitrogens is 2. The number of thioether (sulfide) groups is 1. The zero-order valence-corrected chi connectivity index (χ0v) is 14.3. The summed E-state index contributed by atoms with van der Waals surface area (Å²) < 4.78 is 1.43. The van der Waals surface area contributed by atoms with Gasteiger partial charge in [-0.15, -0.1) is 0 Å². The maximum Gasteiger partial charge on any atom is 0.266 e. The van der Waals surface area contributed by atoms with Gasteiger partial charge in [-0.3, -0.25) is 14.2 Å². The maximum atomic E-state index is 13.0. The first-order chi connectivity index (χ1) is 11.5. The lowest BCUT2D eigenvalue weighted by Crippen LogP contribution is -2.26. The number of hydrogen-bond donors (Lipinski definition) is 1. The molecule has 122 valence electrons. The Morgan fingerprint density at radius 1 is 1.21 bits per heavy atom. The van der Waals surface area contributed by atoms with Crippen molar-refractivity contribution in [3.63, 3.8) is 0 Å². The number of para-hydroxylation sites is 2. The van der Waals surface area contributed by atoms with Crippen LogP contribution in [0.3, 0.4) is 0 Å². The van der Waals surface area contributed by atoms with Crippen molar-refractivity contribution >= 4 is 40.2 Å². The highest BCUT2D eigenvalue weighted by molar-refractivity contribution is 8.00. The van der Waals surface area contributed by atoms with Crippen molar-refractivity contribution < 1.29 is 4.79 Å². The molecule has 0 saturated carbocycles. The van der Waals surface area contributed by atoms with Gasteiger partial charge in [0.25, 0.3) is 5.56 Å². The lowest BCUT2D eigenvalue weighted by molar-refractivity contribution is -0.117. The minimum absolute atomic E-state index is 0.243. The van der Waals surface area contributed by atoms with E-state index < -0.39 is 11.2 Å². The highest BCUT2D eigenvalue weighted by Gasteiger charge is 2.19. The third-order valence-corrected chi connectivity index (χ3v) is 4.91. The van der Waals surface area contributed by atoms with Crippen LogP contribution in [0, 0.1) is 0 Å². The Kier molecular flexibility index (Phi) is 4.59. The predicted molar refractivity (Wildman–Crippen MR) is 96.9 cm³/mol. The number of carbonyl (C=O) groups is 1. The SMILES string of the molecule is C[C@@H](Sc1nc2ccccc2c(=O)n1-c1ccccc1Cl)C(N)=O. The molecule has 1 heterocycles. The summed E-state index contributed by atoms with van der Waals surface area (Å²) in [6.45, 7) is 1.67. The van der Waals surface area contributed by atoms with Crippen LogP contribution in [0.15, 0.2) is 58.5 Å². The molecule has 1 atom stereocenters. The van der Waals surface area contributed by atoms with Gasteiger partial charge in [-0.1, -0.05) is 47.6 Å². The summed E-state index contributed by atoms with van der Waals surface area (Å²) in [7, 11) is 0. The number of carbonyl (C=O) groups excluding carboxylic acids is 1. The van der Waals surface area contributed by atoms with E-state index in [-0.39, 0.29) is 5.56 Å². The van der Waals surface area contributed by atoms with Gasteiger partial charge in [0.05, 0.1) is 26.9 Å². The average molecular weight is 360 g/mol. The Labute approximate surface area is 147 Å². The van der Waals surface area contributed by atoms with E-state index in [0.29, 0.717) is 26.8 Å². The van der Waals surface area contributed by atoms with Crippen LogP contribution in [0.2, 0.25) is 5.02 Å². The maximum absolute atomic E-state index is 13.0. The minimum atomic E-state index is -0.535. The van der Waals surface area contributed by atoms with Crippen molar-refractivity contribution in [3.05, 3.63) is 63.9 Å². The molecule has 3 aromatic rings. The average Bonchev–Trinajstić information content (AvgIpc) is 2.56. The van der Waals surface area contributed by atoms with E-state index in [1.165, 1.54) is 4.57 Å². The highest BCUT2D eigenvalue weighted by atomic mass is 35.5. The molecule has 7 heteroatoms. The van der Waals surface area contributed by atoms with Crippen LogP contribution in [0.5, 0.6) is 0 Å². The van der Waals surface area contributed by atoms with Crippen LogP contribution < -0.4 is 11.3 Å². The standard InChI is InChI=1S/C17H14ClN3O2S/c1-10(15(19)22)24-17-20-13-8-4-2-6-11(13)16(23)21(17)14-9-5-3-7-12(14)18/h2-10H,1H3,(H2,19,22)/t10-/m1/s1. The van der Waals surface area contributed by atoms with Gasteiger partial charge in [0, 0.05) is 0 Å². The smallest absolute Gasteiger partial charge is 0.266 e. The van der Waals surface area contributed by atoms with Crippen LogP contribution in [0.4, 0.5) is 0 Å². The molecule has 24 heavy (non-hydrogen) atoms. The second kappa shape index (κ2) is 6.67. The van der Waals surface area contributed by atoms with E-state index in [2.05, 4.69) is 4.98 Å². The van der Waals surface area contributed by atoms with E-state index >= 15 is 0 Å². The first kappa shape index (κ1) is 16.5. The number of nitrogens with zero attached hydrogens (tertiary/aromatic N) is 2. The topological polar surface area (TPSA) is 78.0 Å². The molecule has 3 rings (SSSR count). The monoisotopic (exact) mass is 359 g/mol. The summed E-state index contributed by atoms with van der Waals surface area (Å²) in [6, 6.07) is 14.1. The van der Waals surface area contributed by atoms with Gasteiger partial charge in [0.1, 0.15) is 0 Å². The van der Waals surface area contributed by atoms with Gasteiger partial charge in [0.2, 0.25) is 5.91 Å². The molecule has 0 saturated heterocycles. The fourth-order valence-electron chi connectivity index (χ4n) is 2.25. The molecule has 1 aromatic heterocycles. The Balaban J connectivity index is 2.32. The highest BCUT2D eigenvalue weighted by Crippen LogP contribution is 2.27. The van der Waals surface area contributed by atoms with Crippen molar-refractivity contribution in [2.45, 2.75) is 17.3 Å². The third-order valence-electron chi connectivity index (χ3n) is 3.52. The molecule has 0 fully saturated rings. The zero-order chi connectivity index (χ0) is 17.3. The summed E-state index contributed by atoms with van der Waals surface area (Å²) in [5, 5.41) is 0.739. The summed E-state index contributed by atoms with van der Waals surface area (Å²) in [6.07, 6.45) is 0. The molecular weight excluding hydrogens is 346 g/mol. The Morgan fingerprint density at radius 2 is 1.88 bits per heavy atom. The normalized spacial score (nSPS) is 12.2. The van der Waals surface area contributed by atoms with Crippen LogP contribution in [-0.2, 0) is 4.79 Å². The molecule has 2 aromatic carbocycles. The van der Waals surface area contributed by atoms with E-state index in [4.69, 9.17) is 17.3 Å². The first-order valence-corrected chi connectivity index (χ1v) is 8.47. The largest absolute Gasteiger partial charge is 0.369 e. The lowest BCUT2D eigenvalue weighted by atomic mass is 10.2. The van der Waals surface area contributed by atoms with Crippen molar-refractivity contribution in [2.24, 2.45) is 5.73 Å². The summed E-state index contributed by atoms with van der Waals surface area (Å²) in [4.78, 5) is 29.0. The second-order valence-corrected chi connectivity index (χ2v) is 6.88. The molecule has 0 spiro atoms. The first-order valence-electron chi connectivity index (χ1n) is 7.21. The van der Waals surface area contributed by atoms with Crippen molar-refractivity contribution in [3.8, 4) is 5.69 Å². The number of primary amides is 1. The number of halogens is 1. The van der Waals surface area contributed by atoms with Gasteiger partial charge in [-0.25, -0.2) is 4.98 Å². The Morgan fingerprint density at radius 3 is 2.58 bits per heavy atom. The summed E-state index contributed by atoms with van der Waals surface area (Å²) in [5.74, 6) is -0.479. The summed E-state index contributed by atoms with van der Waals surface area (Å²) >= 11 is 7.39. The molecule has 5 nitrogen and oxygen atoms in total. The molecule has 0 unspecified atom stereocenters. The van der Waals surface area contributed by atoms with E-state index in [9.17, 15) is 9.59 Å². The number of rotatable bonds is 4. The number of fused-ring (bicyclic) bond motifs is 1. The van der Waals surface area contributed by atoms with E-state index in [1.807, 2.05) is 0 Å². The molecular formula is C17H14ClN3O2S. The quantitative estimate of drug-likeness (QED) is 0.573. The Hall–Kier alpha value is -2.31. The van der Waals surface area contributed by atoms with Gasteiger partial charge < -0.3 is 5.73 Å². The minimum Gasteiger partial charge on any atom is -0.369 e. The van der Waals surface area contributed by atoms with Crippen LogP contribution in [0.1, 0.15) is 6.92 Å². The zero-order valence-electron chi connectivity index (χ0n) is 12.8. The van der Waals surface area contributed by atoms with Crippen molar-refractivity contribution in [1.29, 1.82) is 0 Å². The van der Waals surface area contributed by atoms with Gasteiger partial charge in [-0.05, 0) is 31.2 Å². The number of amides is 1. The van der Waals surface area contributed by atoms with Crippen LogP contribution in [0.25, 0.3) is 16.6 Å². The predicted octanol–water partition coefficient (Wildman–Crippen LogP) is 3.01. The van der Waals surface area contributed by atoms with E-state index in [0.717, 1.165) is 11.8 Å². The van der Waals surface area contributed by atoms with Crippen molar-refractivity contribution in [2.75, 3.05) is 0 Å². The van der Waals surface area contributed by atoms with Gasteiger partial charge in [0.15, 0.2) is 5.16 Å². The fourth-order valence-corrected chi connectivity index (χ4v) is 3.34. The fraction of sp³-hybridized carbons (Fsp3) is 0.118. The number of nitrogens with two attached hydrogens (primary N) is 1. The number of benzene rings is 2. The lowest BCUT2D eigenvalue weighted by Gasteiger charge is -2.15. The molecule has 0 radical (unpaired) electrons. The van der Waals surface area contributed by atoms with Gasteiger partial charge in [-0.2, -0.15) is 0 Å². The van der Waals surface area contributed by atoms with Crippen molar-refractivity contribution in [1.82, 2.24) is 9.55 Å². The van der Waals surface area contributed by atoms with Gasteiger partial charge >= 0.3 is 0 Å².